The van der Waals surface area contributed by atoms with Gasteiger partial charge in [-0.2, -0.15) is 0 Å². The summed E-state index contributed by atoms with van der Waals surface area (Å²) in [6.45, 7) is 17.9. The number of unbranched alkanes of at least 4 members (excludes halogenated alkanes) is 1. The molecule has 1 spiro atoms. The molecule has 3 heterocycles. The van der Waals surface area contributed by atoms with Gasteiger partial charge in [-0.15, -0.1) is 13.2 Å². The summed E-state index contributed by atoms with van der Waals surface area (Å²) in [5.41, 5.74) is -2.02. The van der Waals surface area contributed by atoms with E-state index < -0.39 is 41.1 Å². The third-order valence-electron chi connectivity index (χ3n) is 8.69. The monoisotopic (exact) mass is 532 g/mol. The number of aliphatic hydroxyl groups excluding tert-OH is 1. The minimum atomic E-state index is -1.14. The molecule has 1 N–H and O–H groups in total. The molecule has 3 aliphatic heterocycles. The fraction of sp³-hybridized carbons (Fsp3) is 0.767. The van der Waals surface area contributed by atoms with Crippen molar-refractivity contribution in [3.63, 3.8) is 0 Å². The van der Waals surface area contributed by atoms with Crippen LogP contribution in [0.15, 0.2) is 25.3 Å². The Balaban J connectivity index is 2.07. The molecule has 0 aromatic heterocycles. The van der Waals surface area contributed by atoms with Gasteiger partial charge in [0.2, 0.25) is 11.8 Å². The molecule has 3 saturated heterocycles. The lowest BCUT2D eigenvalue weighted by Gasteiger charge is -2.41. The second-order valence-electron chi connectivity index (χ2n) is 12.0. The number of fused-ring (bicyclic) bond motifs is 1. The Bertz CT molecular complexity index is 905. The molecule has 3 fully saturated rings. The molecular formula is C30H48N2O6. The Morgan fingerprint density at radius 3 is 2.55 bits per heavy atom. The van der Waals surface area contributed by atoms with Gasteiger partial charge in [0.1, 0.15) is 17.6 Å². The molecule has 3 unspecified atom stereocenters. The maximum absolute atomic E-state index is 14.5. The van der Waals surface area contributed by atoms with Crippen LogP contribution in [0.4, 0.5) is 0 Å². The van der Waals surface area contributed by atoms with Crippen molar-refractivity contribution in [2.45, 2.75) is 109 Å². The first kappa shape index (κ1) is 30.4. The zero-order valence-electron chi connectivity index (χ0n) is 24.0. The Kier molecular flexibility index (Phi) is 9.85. The number of amides is 2. The number of carbonyl (C=O) groups is 3. The van der Waals surface area contributed by atoms with Crippen LogP contribution in [0.2, 0.25) is 0 Å². The van der Waals surface area contributed by atoms with Crippen molar-refractivity contribution in [3.8, 4) is 0 Å². The van der Waals surface area contributed by atoms with E-state index in [0.717, 1.165) is 19.3 Å². The van der Waals surface area contributed by atoms with Crippen molar-refractivity contribution < 1.29 is 29.0 Å². The van der Waals surface area contributed by atoms with Crippen LogP contribution in [0, 0.1) is 17.8 Å². The first-order valence-electron chi connectivity index (χ1n) is 14.3. The van der Waals surface area contributed by atoms with Crippen LogP contribution >= 0.6 is 0 Å². The molecule has 214 valence electrons. The van der Waals surface area contributed by atoms with E-state index in [4.69, 9.17) is 9.47 Å². The summed E-state index contributed by atoms with van der Waals surface area (Å²) < 4.78 is 12.3. The lowest BCUT2D eigenvalue weighted by Crippen LogP contribution is -2.60. The average Bonchev–Trinajstić information content (AvgIpc) is 3.44. The lowest BCUT2D eigenvalue weighted by molar-refractivity contribution is -0.162. The Morgan fingerprint density at radius 1 is 1.26 bits per heavy atom. The van der Waals surface area contributed by atoms with Gasteiger partial charge in [-0.05, 0) is 58.3 Å². The van der Waals surface area contributed by atoms with Crippen LogP contribution in [0.1, 0.15) is 79.6 Å². The number of likely N-dealkylation sites (tertiary alicyclic amines) is 1. The maximum atomic E-state index is 14.5. The van der Waals surface area contributed by atoms with E-state index in [2.05, 4.69) is 20.1 Å². The molecule has 2 amide bonds. The number of esters is 1. The number of hydrogen-bond donors (Lipinski definition) is 1. The molecule has 0 aromatic carbocycles. The quantitative estimate of drug-likeness (QED) is 0.195. The molecule has 8 heteroatoms. The molecule has 0 radical (unpaired) electrons. The molecule has 7 atom stereocenters. The second-order valence-corrected chi connectivity index (χ2v) is 12.0. The van der Waals surface area contributed by atoms with Crippen LogP contribution in [-0.2, 0) is 23.9 Å². The van der Waals surface area contributed by atoms with Gasteiger partial charge >= 0.3 is 5.97 Å². The van der Waals surface area contributed by atoms with Crippen LogP contribution in [0.3, 0.4) is 0 Å². The zero-order chi connectivity index (χ0) is 28.3. The van der Waals surface area contributed by atoms with Gasteiger partial charge in [-0.25, -0.2) is 0 Å². The SMILES string of the molecule is C=CCCCOC(=O)[C@@H]1[C@H]2C(=O)N([C@@H](CO)CC(C)C)C(C(=O)N(CC=C)C(C)CCC)C23CC[C@@]1(C)O3. The number of allylic oxidation sites excluding steroid dienone is 1. The van der Waals surface area contributed by atoms with Crippen LogP contribution in [0.25, 0.3) is 0 Å². The fourth-order valence-electron chi connectivity index (χ4n) is 7.06. The highest BCUT2D eigenvalue weighted by molar-refractivity contribution is 5.98. The average molecular weight is 533 g/mol. The second kappa shape index (κ2) is 12.3. The summed E-state index contributed by atoms with van der Waals surface area (Å²) >= 11 is 0. The van der Waals surface area contributed by atoms with Crippen LogP contribution in [-0.4, -0.2) is 81.8 Å². The molecule has 3 aliphatic rings. The van der Waals surface area contributed by atoms with Gasteiger partial charge in [-0.3, -0.25) is 14.4 Å². The van der Waals surface area contributed by atoms with E-state index in [9.17, 15) is 19.5 Å². The van der Waals surface area contributed by atoms with Crippen LogP contribution in [0.5, 0.6) is 0 Å². The molecular weight excluding hydrogens is 484 g/mol. The van der Waals surface area contributed by atoms with Gasteiger partial charge in [0.15, 0.2) is 0 Å². The van der Waals surface area contributed by atoms with Gasteiger partial charge in [0.05, 0.1) is 30.8 Å². The molecule has 0 aromatic rings. The third-order valence-corrected chi connectivity index (χ3v) is 8.69. The normalized spacial score (nSPS) is 31.3. The summed E-state index contributed by atoms with van der Waals surface area (Å²) in [4.78, 5) is 45.6. The van der Waals surface area contributed by atoms with E-state index in [1.165, 1.54) is 0 Å². The number of hydrogen-bond acceptors (Lipinski definition) is 6. The van der Waals surface area contributed by atoms with Crippen molar-refractivity contribution in [1.82, 2.24) is 9.80 Å². The first-order chi connectivity index (χ1) is 18.0. The predicted octanol–water partition coefficient (Wildman–Crippen LogP) is 3.87. The van der Waals surface area contributed by atoms with Crippen molar-refractivity contribution in [2.75, 3.05) is 19.8 Å². The first-order valence-corrected chi connectivity index (χ1v) is 14.3. The van der Waals surface area contributed by atoms with Crippen molar-refractivity contribution >= 4 is 17.8 Å². The predicted molar refractivity (Wildman–Crippen MR) is 146 cm³/mol. The molecule has 8 nitrogen and oxygen atoms in total. The van der Waals surface area contributed by atoms with Gasteiger partial charge in [0.25, 0.3) is 0 Å². The fourth-order valence-corrected chi connectivity index (χ4v) is 7.06. The number of aliphatic hydroxyl groups is 1. The minimum absolute atomic E-state index is 0.0598. The van der Waals surface area contributed by atoms with Crippen molar-refractivity contribution in [1.29, 1.82) is 0 Å². The summed E-state index contributed by atoms with van der Waals surface area (Å²) in [5.74, 6) is -2.37. The van der Waals surface area contributed by atoms with Gasteiger partial charge < -0.3 is 24.4 Å². The number of ether oxygens (including phenoxy) is 2. The molecule has 38 heavy (non-hydrogen) atoms. The smallest absolute Gasteiger partial charge is 0.312 e. The minimum Gasteiger partial charge on any atom is -0.465 e. The highest BCUT2D eigenvalue weighted by Crippen LogP contribution is 2.64. The summed E-state index contributed by atoms with van der Waals surface area (Å²) in [7, 11) is 0. The van der Waals surface area contributed by atoms with Gasteiger partial charge in [0, 0.05) is 12.6 Å². The third kappa shape index (κ3) is 5.31. The Hall–Kier alpha value is -2.19. The largest absolute Gasteiger partial charge is 0.465 e. The van der Waals surface area contributed by atoms with E-state index in [1.54, 1.807) is 22.0 Å². The Morgan fingerprint density at radius 2 is 1.97 bits per heavy atom. The van der Waals surface area contributed by atoms with Crippen molar-refractivity contribution in [3.05, 3.63) is 25.3 Å². The van der Waals surface area contributed by atoms with Crippen molar-refractivity contribution in [2.24, 2.45) is 17.8 Å². The number of rotatable bonds is 15. The highest BCUT2D eigenvalue weighted by atomic mass is 16.6. The van der Waals surface area contributed by atoms with E-state index in [-0.39, 0.29) is 37.0 Å². The molecule has 0 aliphatic carbocycles. The summed E-state index contributed by atoms with van der Waals surface area (Å²) in [6.07, 6.45) is 8.17. The number of nitrogens with zero attached hydrogens (tertiary/aromatic N) is 2. The topological polar surface area (TPSA) is 96.4 Å². The lowest BCUT2D eigenvalue weighted by atomic mass is 9.66. The molecule has 2 bridgehead atoms. The highest BCUT2D eigenvalue weighted by Gasteiger charge is 2.79. The molecule has 3 rings (SSSR count). The maximum Gasteiger partial charge on any atom is 0.312 e. The van der Waals surface area contributed by atoms with E-state index in [1.807, 2.05) is 27.7 Å². The summed E-state index contributed by atoms with van der Waals surface area (Å²) in [5, 5.41) is 10.4. The number of carbonyl (C=O) groups excluding carboxylic acids is 3. The van der Waals surface area contributed by atoms with Gasteiger partial charge in [-0.1, -0.05) is 39.3 Å². The standard InChI is InChI=1S/C30H48N2O6/c1-8-11-12-17-37-28(36)24-23-26(34)32(22(19-33)18-20(4)5)25(30(23)15-14-29(24,7)38-30)27(35)31(16-10-3)21(6)13-9-2/h8,10,20-25,33H,1,3,9,11-19H2,2,4-7H3/t21?,22-,23+,24+,25?,29-,30?/m1/s1. The summed E-state index contributed by atoms with van der Waals surface area (Å²) in [6, 6.07) is -1.53. The van der Waals surface area contributed by atoms with E-state index >= 15 is 0 Å². The Labute approximate surface area is 228 Å². The molecule has 0 saturated carbocycles. The van der Waals surface area contributed by atoms with Crippen LogP contribution < -0.4 is 0 Å². The van der Waals surface area contributed by atoms with E-state index in [0.29, 0.717) is 32.2 Å². The zero-order valence-corrected chi connectivity index (χ0v) is 24.0.